The fraction of sp³-hybridized carbons (Fsp3) is 0.163. The number of ether oxygens (including phenoxy) is 2. The first-order valence-electron chi connectivity index (χ1n) is 16.2. The van der Waals surface area contributed by atoms with Crippen LogP contribution in [-0.2, 0) is 27.7 Å². The van der Waals surface area contributed by atoms with Gasteiger partial charge in [-0.15, -0.1) is 0 Å². The lowest BCUT2D eigenvalue weighted by Crippen LogP contribution is -2.33. The van der Waals surface area contributed by atoms with Crippen LogP contribution in [0.15, 0.2) is 158 Å². The second-order valence-corrected chi connectivity index (χ2v) is 11.7. The molecule has 1 heterocycles. The minimum Gasteiger partial charge on any atom is -0.361 e. The minimum absolute atomic E-state index is 0.562. The predicted octanol–water partition coefficient (Wildman–Crippen LogP) is 9.99. The second kappa shape index (κ2) is 12.4. The van der Waals surface area contributed by atoms with Gasteiger partial charge in [-0.25, -0.2) is 0 Å². The molecule has 3 nitrogen and oxygen atoms in total. The van der Waals surface area contributed by atoms with Crippen LogP contribution in [0.5, 0.6) is 0 Å². The maximum atomic E-state index is 6.85. The Morgan fingerprint density at radius 3 is 1.00 bits per heavy atom. The number of hydrogen-bond acceptors (Lipinski definition) is 2. The van der Waals surface area contributed by atoms with Crippen LogP contribution in [0.2, 0.25) is 0 Å². The normalized spacial score (nSPS) is 12.2. The van der Waals surface area contributed by atoms with Crippen molar-refractivity contribution in [3.63, 3.8) is 0 Å². The van der Waals surface area contributed by atoms with Crippen molar-refractivity contribution in [1.29, 1.82) is 0 Å². The Bertz CT molecular complexity index is 1840. The molecule has 7 aromatic rings. The Balaban J connectivity index is 1.52. The van der Waals surface area contributed by atoms with Gasteiger partial charge in [0, 0.05) is 42.1 Å². The SMILES string of the molecule is CCOC(c1ccccc1)(c1ccccc1)c1ccc2c(c1)c1cc(C(OCC)(c3ccccc3)c3ccccc3)ccc1n2C. The van der Waals surface area contributed by atoms with Gasteiger partial charge in [-0.2, -0.15) is 0 Å². The van der Waals surface area contributed by atoms with E-state index in [1.165, 1.54) is 21.8 Å². The van der Waals surface area contributed by atoms with Gasteiger partial charge < -0.3 is 14.0 Å². The molecule has 0 atom stereocenters. The van der Waals surface area contributed by atoms with E-state index in [1.807, 2.05) is 0 Å². The van der Waals surface area contributed by atoms with Crippen molar-refractivity contribution in [3.05, 3.63) is 191 Å². The molecule has 0 amide bonds. The van der Waals surface area contributed by atoms with Gasteiger partial charge in [0.25, 0.3) is 0 Å². The highest BCUT2D eigenvalue weighted by Gasteiger charge is 2.39. The first kappa shape index (κ1) is 29.7. The lowest BCUT2D eigenvalue weighted by molar-refractivity contribution is 0.0215. The molecular weight excluding hydrogens is 562 g/mol. The van der Waals surface area contributed by atoms with Crippen molar-refractivity contribution < 1.29 is 9.47 Å². The molecular formula is C43H39NO2. The molecule has 0 radical (unpaired) electrons. The van der Waals surface area contributed by atoms with Crippen LogP contribution in [0.1, 0.15) is 47.2 Å². The Kier molecular flexibility index (Phi) is 8.04. The third kappa shape index (κ3) is 4.75. The van der Waals surface area contributed by atoms with Crippen molar-refractivity contribution in [2.45, 2.75) is 25.0 Å². The van der Waals surface area contributed by atoms with Gasteiger partial charge in [-0.05, 0) is 71.5 Å². The third-order valence-electron chi connectivity index (χ3n) is 9.26. The molecule has 3 heteroatoms. The summed E-state index contributed by atoms with van der Waals surface area (Å²) >= 11 is 0. The number of rotatable bonds is 10. The maximum absolute atomic E-state index is 6.85. The molecule has 0 fully saturated rings. The standard InChI is InChI=1S/C43H39NO2/c1-4-45-42(32-18-10-6-11-19-32,33-20-12-7-13-21-33)36-26-28-40-38(30-36)39-31-37(27-29-41(39)44(40)3)43(46-5-2,34-22-14-8-15-23-34)35-24-16-9-17-25-35/h6-31H,4-5H2,1-3H3. The molecule has 0 bridgehead atoms. The van der Waals surface area contributed by atoms with E-state index in [1.54, 1.807) is 0 Å². The molecule has 0 aliphatic carbocycles. The lowest BCUT2D eigenvalue weighted by Gasteiger charge is -2.36. The molecule has 0 saturated heterocycles. The predicted molar refractivity (Wildman–Crippen MR) is 189 cm³/mol. The van der Waals surface area contributed by atoms with Crippen molar-refractivity contribution in [1.82, 2.24) is 4.57 Å². The summed E-state index contributed by atoms with van der Waals surface area (Å²) in [6.07, 6.45) is 0. The van der Waals surface area contributed by atoms with E-state index in [0.717, 1.165) is 33.4 Å². The number of fused-ring (bicyclic) bond motifs is 3. The highest BCUT2D eigenvalue weighted by atomic mass is 16.5. The molecule has 46 heavy (non-hydrogen) atoms. The zero-order valence-electron chi connectivity index (χ0n) is 26.7. The van der Waals surface area contributed by atoms with Gasteiger partial charge in [0.2, 0.25) is 0 Å². The van der Waals surface area contributed by atoms with E-state index in [4.69, 9.17) is 9.47 Å². The van der Waals surface area contributed by atoms with Gasteiger partial charge in [0.05, 0.1) is 0 Å². The maximum Gasteiger partial charge on any atom is 0.143 e. The Hall–Kier alpha value is -4.96. The number of benzene rings is 6. The van der Waals surface area contributed by atoms with Crippen LogP contribution in [0.4, 0.5) is 0 Å². The number of aromatic nitrogens is 1. The summed E-state index contributed by atoms with van der Waals surface area (Å²) in [7, 11) is 2.15. The van der Waals surface area contributed by atoms with Crippen LogP contribution in [0.3, 0.4) is 0 Å². The summed E-state index contributed by atoms with van der Waals surface area (Å²) in [6, 6.07) is 56.0. The molecule has 6 aromatic carbocycles. The third-order valence-corrected chi connectivity index (χ3v) is 9.26. The topological polar surface area (TPSA) is 23.4 Å². The largest absolute Gasteiger partial charge is 0.361 e. The zero-order chi connectivity index (χ0) is 31.6. The van der Waals surface area contributed by atoms with Gasteiger partial charge in [0.1, 0.15) is 11.2 Å². The first-order valence-corrected chi connectivity index (χ1v) is 16.2. The summed E-state index contributed by atoms with van der Waals surface area (Å²) in [5.41, 5.74) is 7.41. The highest BCUT2D eigenvalue weighted by molar-refractivity contribution is 6.08. The number of hydrogen-bond donors (Lipinski definition) is 0. The summed E-state index contributed by atoms with van der Waals surface area (Å²) in [4.78, 5) is 0. The molecule has 0 saturated carbocycles. The second-order valence-electron chi connectivity index (χ2n) is 11.7. The first-order chi connectivity index (χ1) is 22.6. The average molecular weight is 602 g/mol. The van der Waals surface area contributed by atoms with Crippen LogP contribution in [0, 0.1) is 0 Å². The van der Waals surface area contributed by atoms with E-state index in [2.05, 4.69) is 183 Å². The molecule has 0 N–H and O–H groups in total. The van der Waals surface area contributed by atoms with Crippen LogP contribution >= 0.6 is 0 Å². The fourth-order valence-corrected chi connectivity index (χ4v) is 7.28. The van der Waals surface area contributed by atoms with Gasteiger partial charge >= 0.3 is 0 Å². The van der Waals surface area contributed by atoms with Crippen LogP contribution < -0.4 is 0 Å². The van der Waals surface area contributed by atoms with Crippen molar-refractivity contribution in [2.24, 2.45) is 7.05 Å². The molecule has 7 rings (SSSR count). The molecule has 0 aliphatic rings. The fourth-order valence-electron chi connectivity index (χ4n) is 7.28. The summed E-state index contributed by atoms with van der Waals surface area (Å²) in [5.74, 6) is 0. The van der Waals surface area contributed by atoms with Crippen molar-refractivity contribution >= 4 is 21.8 Å². The van der Waals surface area contributed by atoms with E-state index in [0.29, 0.717) is 13.2 Å². The van der Waals surface area contributed by atoms with Gasteiger partial charge in [-0.3, -0.25) is 0 Å². The van der Waals surface area contributed by atoms with Crippen molar-refractivity contribution in [2.75, 3.05) is 13.2 Å². The highest BCUT2D eigenvalue weighted by Crippen LogP contribution is 2.45. The van der Waals surface area contributed by atoms with Crippen LogP contribution in [0.25, 0.3) is 21.8 Å². The van der Waals surface area contributed by atoms with E-state index >= 15 is 0 Å². The number of aryl methyl sites for hydroxylation is 1. The summed E-state index contributed by atoms with van der Waals surface area (Å²) in [6.45, 7) is 5.27. The molecule has 228 valence electrons. The average Bonchev–Trinajstić information content (AvgIpc) is 3.41. The van der Waals surface area contributed by atoms with E-state index in [9.17, 15) is 0 Å². The molecule has 0 aliphatic heterocycles. The quantitative estimate of drug-likeness (QED) is 0.146. The summed E-state index contributed by atoms with van der Waals surface area (Å²) < 4.78 is 16.0. The van der Waals surface area contributed by atoms with Gasteiger partial charge in [-0.1, -0.05) is 133 Å². The summed E-state index contributed by atoms with van der Waals surface area (Å²) in [5, 5.41) is 2.36. The van der Waals surface area contributed by atoms with Gasteiger partial charge in [0.15, 0.2) is 0 Å². The monoisotopic (exact) mass is 601 g/mol. The van der Waals surface area contributed by atoms with Crippen molar-refractivity contribution in [3.8, 4) is 0 Å². The minimum atomic E-state index is -0.769. The van der Waals surface area contributed by atoms with E-state index in [-0.39, 0.29) is 0 Å². The Morgan fingerprint density at radius 1 is 0.413 bits per heavy atom. The van der Waals surface area contributed by atoms with E-state index < -0.39 is 11.2 Å². The van der Waals surface area contributed by atoms with Crippen LogP contribution in [-0.4, -0.2) is 17.8 Å². The Labute approximate surface area is 271 Å². The number of nitrogens with zero attached hydrogens (tertiary/aromatic N) is 1. The molecule has 1 aromatic heterocycles. The molecule has 0 spiro atoms. The lowest BCUT2D eigenvalue weighted by atomic mass is 9.79. The zero-order valence-corrected chi connectivity index (χ0v) is 26.7. The molecule has 0 unspecified atom stereocenters. The smallest absolute Gasteiger partial charge is 0.143 e. The Morgan fingerprint density at radius 2 is 0.717 bits per heavy atom.